The van der Waals surface area contributed by atoms with Crippen molar-refractivity contribution in [3.63, 3.8) is 0 Å². The lowest BCUT2D eigenvalue weighted by Crippen LogP contribution is -2.35. The molecule has 0 bridgehead atoms. The molecule has 1 N–H and O–H groups in total. The third kappa shape index (κ3) is 3.67. The highest BCUT2D eigenvalue weighted by Crippen LogP contribution is 2.24. The number of aromatic nitrogens is 1. The zero-order chi connectivity index (χ0) is 15.5. The summed E-state index contributed by atoms with van der Waals surface area (Å²) >= 11 is 0. The lowest BCUT2D eigenvalue weighted by Gasteiger charge is -2.25. The van der Waals surface area contributed by atoms with Gasteiger partial charge in [0.05, 0.1) is 0 Å². The highest BCUT2D eigenvalue weighted by Gasteiger charge is 2.27. The van der Waals surface area contributed by atoms with E-state index in [9.17, 15) is 8.42 Å². The highest BCUT2D eigenvalue weighted by atomic mass is 32.2. The second-order valence-corrected chi connectivity index (χ2v) is 7.85. The van der Waals surface area contributed by atoms with E-state index in [0.29, 0.717) is 24.5 Å². The van der Waals surface area contributed by atoms with E-state index in [1.807, 2.05) is 13.0 Å². The molecule has 120 valence electrons. The Balaban J connectivity index is 2.30. The van der Waals surface area contributed by atoms with Crippen LogP contribution in [0.1, 0.15) is 51.8 Å². The number of piperidine rings is 1. The van der Waals surface area contributed by atoms with Gasteiger partial charge in [-0.1, -0.05) is 13.3 Å². The summed E-state index contributed by atoms with van der Waals surface area (Å²) in [5.41, 5.74) is 1.03. The van der Waals surface area contributed by atoms with Crippen LogP contribution in [-0.2, 0) is 16.6 Å². The van der Waals surface area contributed by atoms with Crippen molar-refractivity contribution in [1.29, 1.82) is 0 Å². The second kappa shape index (κ2) is 6.94. The number of nitrogens with one attached hydrogen (secondary N) is 1. The summed E-state index contributed by atoms with van der Waals surface area (Å²) in [5.74, 6) is 0. The zero-order valence-corrected chi connectivity index (χ0v) is 14.1. The smallest absolute Gasteiger partial charge is 0.244 e. The highest BCUT2D eigenvalue weighted by molar-refractivity contribution is 7.89. The first kappa shape index (κ1) is 16.5. The molecule has 1 aromatic heterocycles. The van der Waals surface area contributed by atoms with Crippen LogP contribution in [0.25, 0.3) is 0 Å². The van der Waals surface area contributed by atoms with Crippen molar-refractivity contribution < 1.29 is 8.42 Å². The monoisotopic (exact) mass is 313 g/mol. The Morgan fingerprint density at radius 2 is 1.90 bits per heavy atom. The van der Waals surface area contributed by atoms with Crippen molar-refractivity contribution in [3.05, 3.63) is 18.0 Å². The van der Waals surface area contributed by atoms with Crippen LogP contribution in [0.15, 0.2) is 17.2 Å². The zero-order valence-electron chi connectivity index (χ0n) is 13.3. The van der Waals surface area contributed by atoms with Gasteiger partial charge in [-0.2, -0.15) is 4.31 Å². The quantitative estimate of drug-likeness (QED) is 0.877. The van der Waals surface area contributed by atoms with Gasteiger partial charge < -0.3 is 9.88 Å². The molecular weight excluding hydrogens is 286 g/mol. The standard InChI is InChI=1S/C15H27N3O2S/c1-4-16-11-14-10-15(12-18(14)13(2)3)21(19,20)17-8-6-5-7-9-17/h10,12-13,16H,4-9,11H2,1-3H3. The van der Waals surface area contributed by atoms with Crippen molar-refractivity contribution in [2.24, 2.45) is 0 Å². The molecule has 21 heavy (non-hydrogen) atoms. The summed E-state index contributed by atoms with van der Waals surface area (Å²) in [6.07, 6.45) is 4.86. The van der Waals surface area contributed by atoms with E-state index in [4.69, 9.17) is 0 Å². The number of nitrogens with zero attached hydrogens (tertiary/aromatic N) is 2. The van der Waals surface area contributed by atoms with Gasteiger partial charge in [0.25, 0.3) is 0 Å². The molecule has 0 spiro atoms. The van der Waals surface area contributed by atoms with Gasteiger partial charge in [0.1, 0.15) is 4.90 Å². The molecule has 1 aromatic rings. The fraction of sp³-hybridized carbons (Fsp3) is 0.733. The van der Waals surface area contributed by atoms with Crippen LogP contribution in [0.3, 0.4) is 0 Å². The van der Waals surface area contributed by atoms with Gasteiger partial charge in [0, 0.05) is 37.6 Å². The Hall–Kier alpha value is -0.850. The average molecular weight is 313 g/mol. The summed E-state index contributed by atoms with van der Waals surface area (Å²) in [5, 5.41) is 3.27. The molecule has 0 aliphatic carbocycles. The molecule has 1 aliphatic rings. The molecule has 0 saturated carbocycles. The Kier molecular flexibility index (Phi) is 5.46. The van der Waals surface area contributed by atoms with E-state index in [-0.39, 0.29) is 6.04 Å². The van der Waals surface area contributed by atoms with Crippen molar-refractivity contribution in [1.82, 2.24) is 14.2 Å². The Labute approximate surface area is 128 Å². The third-order valence-corrected chi connectivity index (χ3v) is 5.84. The molecule has 0 atom stereocenters. The predicted octanol–water partition coefficient (Wildman–Crippen LogP) is 2.35. The molecule has 2 heterocycles. The molecule has 0 radical (unpaired) electrons. The molecule has 1 fully saturated rings. The van der Waals surface area contributed by atoms with Gasteiger partial charge in [-0.3, -0.25) is 0 Å². The molecule has 0 unspecified atom stereocenters. The van der Waals surface area contributed by atoms with Gasteiger partial charge in [-0.25, -0.2) is 8.42 Å². The van der Waals surface area contributed by atoms with Crippen molar-refractivity contribution in [3.8, 4) is 0 Å². The van der Waals surface area contributed by atoms with E-state index in [0.717, 1.165) is 31.5 Å². The van der Waals surface area contributed by atoms with Crippen LogP contribution in [-0.4, -0.2) is 36.9 Å². The second-order valence-electron chi connectivity index (χ2n) is 5.91. The van der Waals surface area contributed by atoms with Gasteiger partial charge >= 0.3 is 0 Å². The van der Waals surface area contributed by atoms with Gasteiger partial charge in [-0.05, 0) is 39.3 Å². The van der Waals surface area contributed by atoms with Gasteiger partial charge in [0.2, 0.25) is 10.0 Å². The summed E-state index contributed by atoms with van der Waals surface area (Å²) < 4.78 is 29.2. The maximum Gasteiger partial charge on any atom is 0.244 e. The Morgan fingerprint density at radius 3 is 2.48 bits per heavy atom. The first-order valence-corrected chi connectivity index (χ1v) is 9.32. The summed E-state index contributed by atoms with van der Waals surface area (Å²) in [7, 11) is -3.34. The predicted molar refractivity (Wildman–Crippen MR) is 84.8 cm³/mol. The van der Waals surface area contributed by atoms with Crippen LogP contribution in [0.4, 0.5) is 0 Å². The lowest BCUT2D eigenvalue weighted by atomic mass is 10.2. The van der Waals surface area contributed by atoms with Crippen molar-refractivity contribution in [2.75, 3.05) is 19.6 Å². The van der Waals surface area contributed by atoms with Gasteiger partial charge in [-0.15, -0.1) is 0 Å². The molecule has 2 rings (SSSR count). The Bertz CT molecular complexity index is 557. The maximum absolute atomic E-state index is 12.7. The molecular formula is C15H27N3O2S. The average Bonchev–Trinajstić information content (AvgIpc) is 2.91. The first-order valence-electron chi connectivity index (χ1n) is 7.88. The minimum Gasteiger partial charge on any atom is -0.346 e. The van der Waals surface area contributed by atoms with Crippen molar-refractivity contribution in [2.45, 2.75) is 57.5 Å². The van der Waals surface area contributed by atoms with Crippen LogP contribution in [0, 0.1) is 0 Å². The molecule has 5 nitrogen and oxygen atoms in total. The van der Waals surface area contributed by atoms with Crippen LogP contribution < -0.4 is 5.32 Å². The molecule has 1 aliphatic heterocycles. The van der Waals surface area contributed by atoms with Crippen LogP contribution in [0.2, 0.25) is 0 Å². The largest absolute Gasteiger partial charge is 0.346 e. The summed E-state index contributed by atoms with van der Waals surface area (Å²) in [6.45, 7) is 9.07. The van der Waals surface area contributed by atoms with E-state index in [2.05, 4.69) is 23.7 Å². The van der Waals surface area contributed by atoms with E-state index >= 15 is 0 Å². The van der Waals surface area contributed by atoms with Crippen LogP contribution >= 0.6 is 0 Å². The normalized spacial score (nSPS) is 17.5. The lowest BCUT2D eigenvalue weighted by molar-refractivity contribution is 0.346. The minimum absolute atomic E-state index is 0.254. The van der Waals surface area contributed by atoms with Crippen LogP contribution in [0.5, 0.6) is 0 Å². The molecule has 0 amide bonds. The summed E-state index contributed by atoms with van der Waals surface area (Å²) in [6, 6.07) is 2.08. The molecule has 1 saturated heterocycles. The van der Waals surface area contributed by atoms with E-state index in [1.165, 1.54) is 0 Å². The first-order chi connectivity index (χ1) is 9.96. The minimum atomic E-state index is -3.34. The maximum atomic E-state index is 12.7. The topological polar surface area (TPSA) is 54.3 Å². The molecule has 0 aromatic carbocycles. The Morgan fingerprint density at radius 1 is 1.24 bits per heavy atom. The van der Waals surface area contributed by atoms with E-state index in [1.54, 1.807) is 10.5 Å². The SMILES string of the molecule is CCNCc1cc(S(=O)(=O)N2CCCCC2)cn1C(C)C. The fourth-order valence-electron chi connectivity index (χ4n) is 2.77. The van der Waals surface area contributed by atoms with E-state index < -0.39 is 10.0 Å². The number of sulfonamides is 1. The molecule has 6 heteroatoms. The summed E-state index contributed by atoms with van der Waals surface area (Å²) in [4.78, 5) is 0.436. The fourth-order valence-corrected chi connectivity index (χ4v) is 4.34. The number of hydrogen-bond acceptors (Lipinski definition) is 3. The number of rotatable bonds is 6. The van der Waals surface area contributed by atoms with Crippen molar-refractivity contribution >= 4 is 10.0 Å². The van der Waals surface area contributed by atoms with Gasteiger partial charge in [0.15, 0.2) is 0 Å². The number of hydrogen-bond donors (Lipinski definition) is 1. The third-order valence-electron chi connectivity index (χ3n) is 3.97.